The summed E-state index contributed by atoms with van der Waals surface area (Å²) in [6.07, 6.45) is 0. The number of anilines is 2. The molecule has 1 heterocycles. The summed E-state index contributed by atoms with van der Waals surface area (Å²) in [5.74, 6) is -1.44. The van der Waals surface area contributed by atoms with Gasteiger partial charge >= 0.3 is 12.0 Å². The number of fused-ring (bicyclic) bond motifs is 1. The molecule has 0 unspecified atom stereocenters. The van der Waals surface area contributed by atoms with E-state index in [9.17, 15) is 9.18 Å². The van der Waals surface area contributed by atoms with Crippen molar-refractivity contribution in [2.45, 2.75) is 0 Å². The van der Waals surface area contributed by atoms with Gasteiger partial charge in [0.15, 0.2) is 5.58 Å². The van der Waals surface area contributed by atoms with Gasteiger partial charge in [0.05, 0.1) is 11.3 Å². The number of rotatable bonds is 3. The highest BCUT2D eigenvalue weighted by molar-refractivity contribution is 5.92. The van der Waals surface area contributed by atoms with Crippen LogP contribution >= 0.6 is 0 Å². The maximum atomic E-state index is 13.8. The van der Waals surface area contributed by atoms with Crippen molar-refractivity contribution in [2.24, 2.45) is 0 Å². The first-order valence-electron chi connectivity index (χ1n) is 6.18. The average Bonchev–Trinajstić information content (AvgIpc) is 2.89. The SMILES string of the molecule is CN(c1nc2ccc(C(=O)O)cc2o1)c1ccccc1F. The third-order valence-electron chi connectivity index (χ3n) is 3.12. The molecule has 106 valence electrons. The second-order valence-corrected chi connectivity index (χ2v) is 4.49. The number of carboxylic acid groups (broad SMARTS) is 1. The number of nitrogens with zero attached hydrogens (tertiary/aromatic N) is 2. The van der Waals surface area contributed by atoms with E-state index >= 15 is 0 Å². The molecule has 0 fully saturated rings. The topological polar surface area (TPSA) is 66.6 Å². The van der Waals surface area contributed by atoms with Crippen molar-refractivity contribution in [3.05, 3.63) is 53.8 Å². The summed E-state index contributed by atoms with van der Waals surface area (Å²) in [6.45, 7) is 0. The lowest BCUT2D eigenvalue weighted by molar-refractivity contribution is 0.0697. The predicted octanol–water partition coefficient (Wildman–Crippen LogP) is 3.43. The van der Waals surface area contributed by atoms with Crippen LogP contribution in [0.5, 0.6) is 0 Å². The Labute approximate surface area is 119 Å². The van der Waals surface area contributed by atoms with E-state index in [4.69, 9.17) is 9.52 Å². The minimum absolute atomic E-state index is 0.110. The van der Waals surface area contributed by atoms with Crippen LogP contribution in [0.25, 0.3) is 11.1 Å². The zero-order chi connectivity index (χ0) is 15.0. The minimum Gasteiger partial charge on any atom is -0.478 e. The van der Waals surface area contributed by atoms with Crippen LogP contribution in [-0.4, -0.2) is 23.1 Å². The van der Waals surface area contributed by atoms with E-state index in [1.54, 1.807) is 31.3 Å². The number of aromatic carboxylic acids is 1. The lowest BCUT2D eigenvalue weighted by Gasteiger charge is -2.14. The Morgan fingerprint density at radius 2 is 2.05 bits per heavy atom. The smallest absolute Gasteiger partial charge is 0.335 e. The molecule has 0 radical (unpaired) electrons. The Kier molecular flexibility index (Phi) is 3.06. The van der Waals surface area contributed by atoms with Gasteiger partial charge in [-0.25, -0.2) is 9.18 Å². The summed E-state index contributed by atoms with van der Waals surface area (Å²) < 4.78 is 19.3. The predicted molar refractivity (Wildman–Crippen MR) is 75.4 cm³/mol. The fourth-order valence-electron chi connectivity index (χ4n) is 2.02. The molecule has 0 saturated carbocycles. The third kappa shape index (κ3) is 2.31. The van der Waals surface area contributed by atoms with Crippen LogP contribution in [0.3, 0.4) is 0 Å². The lowest BCUT2D eigenvalue weighted by atomic mass is 10.2. The molecule has 0 aliphatic heterocycles. The summed E-state index contributed by atoms with van der Waals surface area (Å²) in [6, 6.07) is 10.8. The highest BCUT2D eigenvalue weighted by Crippen LogP contribution is 2.28. The van der Waals surface area contributed by atoms with Crippen LogP contribution in [0.2, 0.25) is 0 Å². The Balaban J connectivity index is 2.05. The number of carboxylic acids is 1. The maximum Gasteiger partial charge on any atom is 0.335 e. The number of hydrogen-bond acceptors (Lipinski definition) is 4. The monoisotopic (exact) mass is 286 g/mol. The zero-order valence-corrected chi connectivity index (χ0v) is 11.1. The number of halogens is 1. The van der Waals surface area contributed by atoms with E-state index < -0.39 is 11.8 Å². The van der Waals surface area contributed by atoms with E-state index in [2.05, 4.69) is 4.98 Å². The summed E-state index contributed by atoms with van der Waals surface area (Å²) in [5.41, 5.74) is 1.28. The van der Waals surface area contributed by atoms with Crippen LogP contribution in [0.15, 0.2) is 46.9 Å². The molecule has 0 spiro atoms. The fourth-order valence-corrected chi connectivity index (χ4v) is 2.02. The second-order valence-electron chi connectivity index (χ2n) is 4.49. The number of aromatic nitrogens is 1. The van der Waals surface area contributed by atoms with Crippen molar-refractivity contribution in [1.82, 2.24) is 4.98 Å². The van der Waals surface area contributed by atoms with Gasteiger partial charge in [0.2, 0.25) is 0 Å². The molecule has 2 aromatic carbocycles. The van der Waals surface area contributed by atoms with Crippen molar-refractivity contribution >= 4 is 28.8 Å². The molecule has 0 amide bonds. The molecule has 0 aliphatic carbocycles. The summed E-state index contributed by atoms with van der Waals surface area (Å²) >= 11 is 0. The van der Waals surface area contributed by atoms with Gasteiger partial charge in [0, 0.05) is 7.05 Å². The molecule has 0 atom stereocenters. The van der Waals surface area contributed by atoms with Crippen molar-refractivity contribution < 1.29 is 18.7 Å². The van der Waals surface area contributed by atoms with Gasteiger partial charge in [-0.1, -0.05) is 12.1 Å². The average molecular weight is 286 g/mol. The number of para-hydroxylation sites is 1. The van der Waals surface area contributed by atoms with Crippen LogP contribution in [-0.2, 0) is 0 Å². The molecule has 0 bridgehead atoms. The minimum atomic E-state index is -1.04. The molecule has 21 heavy (non-hydrogen) atoms. The van der Waals surface area contributed by atoms with E-state index in [0.29, 0.717) is 16.8 Å². The highest BCUT2D eigenvalue weighted by Gasteiger charge is 2.16. The van der Waals surface area contributed by atoms with Gasteiger partial charge < -0.3 is 9.52 Å². The summed E-state index contributed by atoms with van der Waals surface area (Å²) in [5, 5.41) is 8.95. The van der Waals surface area contributed by atoms with Gasteiger partial charge in [0.1, 0.15) is 11.3 Å². The van der Waals surface area contributed by atoms with Gasteiger partial charge in [0.25, 0.3) is 0 Å². The number of oxazole rings is 1. The van der Waals surface area contributed by atoms with Gasteiger partial charge in [-0.3, -0.25) is 4.90 Å². The second kappa shape index (κ2) is 4.90. The molecule has 0 saturated heterocycles. The molecular weight excluding hydrogens is 275 g/mol. The third-order valence-corrected chi connectivity index (χ3v) is 3.12. The highest BCUT2D eigenvalue weighted by atomic mass is 19.1. The van der Waals surface area contributed by atoms with Crippen LogP contribution < -0.4 is 4.90 Å². The molecule has 3 aromatic rings. The summed E-state index contributed by atoms with van der Waals surface area (Å²) in [7, 11) is 1.63. The first kappa shape index (κ1) is 13.1. The Morgan fingerprint density at radius 1 is 1.29 bits per heavy atom. The summed E-state index contributed by atoms with van der Waals surface area (Å²) in [4.78, 5) is 16.6. The lowest BCUT2D eigenvalue weighted by Crippen LogP contribution is -2.11. The van der Waals surface area contributed by atoms with Crippen LogP contribution in [0.1, 0.15) is 10.4 Å². The number of carbonyl (C=O) groups is 1. The zero-order valence-electron chi connectivity index (χ0n) is 11.1. The van der Waals surface area contributed by atoms with E-state index in [0.717, 1.165) is 0 Å². The molecule has 3 rings (SSSR count). The van der Waals surface area contributed by atoms with E-state index in [1.165, 1.54) is 23.1 Å². The van der Waals surface area contributed by atoms with Gasteiger partial charge in [-0.05, 0) is 30.3 Å². The van der Waals surface area contributed by atoms with Crippen molar-refractivity contribution in [1.29, 1.82) is 0 Å². The van der Waals surface area contributed by atoms with Crippen molar-refractivity contribution in [3.8, 4) is 0 Å². The van der Waals surface area contributed by atoms with E-state index in [1.807, 2.05) is 0 Å². The normalized spacial score (nSPS) is 10.8. The van der Waals surface area contributed by atoms with Gasteiger partial charge in [-0.2, -0.15) is 4.98 Å². The van der Waals surface area contributed by atoms with Gasteiger partial charge in [-0.15, -0.1) is 0 Å². The Bertz CT molecular complexity index is 829. The van der Waals surface area contributed by atoms with Crippen molar-refractivity contribution in [3.63, 3.8) is 0 Å². The first-order valence-corrected chi connectivity index (χ1v) is 6.18. The molecule has 1 N–H and O–H groups in total. The fraction of sp³-hybridized carbons (Fsp3) is 0.0667. The Hall–Kier alpha value is -2.89. The van der Waals surface area contributed by atoms with Crippen molar-refractivity contribution in [2.75, 3.05) is 11.9 Å². The molecule has 0 aliphatic rings. The van der Waals surface area contributed by atoms with Crippen LogP contribution in [0.4, 0.5) is 16.1 Å². The largest absolute Gasteiger partial charge is 0.478 e. The molecule has 6 heteroatoms. The Morgan fingerprint density at radius 3 is 2.76 bits per heavy atom. The first-order chi connectivity index (χ1) is 10.1. The standard InChI is InChI=1S/C15H11FN2O3/c1-18(12-5-3-2-4-10(12)16)15-17-11-7-6-9(14(19)20)8-13(11)21-15/h2-8H,1H3,(H,19,20). The number of hydrogen-bond donors (Lipinski definition) is 1. The molecular formula is C15H11FN2O3. The quantitative estimate of drug-likeness (QED) is 0.799. The molecule has 1 aromatic heterocycles. The van der Waals surface area contributed by atoms with Crippen LogP contribution in [0, 0.1) is 5.82 Å². The van der Waals surface area contributed by atoms with E-state index in [-0.39, 0.29) is 11.6 Å². The number of benzene rings is 2. The maximum absolute atomic E-state index is 13.8. The molecule has 5 nitrogen and oxygen atoms in total.